The molecule has 0 radical (unpaired) electrons. The molecule has 30 heavy (non-hydrogen) atoms. The van der Waals surface area contributed by atoms with Gasteiger partial charge in [-0.25, -0.2) is 13.4 Å². The summed E-state index contributed by atoms with van der Waals surface area (Å²) >= 11 is 3.32. The van der Waals surface area contributed by atoms with Crippen molar-refractivity contribution in [2.45, 2.75) is 23.8 Å². The average Bonchev–Trinajstić information content (AvgIpc) is 3.30. The van der Waals surface area contributed by atoms with Gasteiger partial charge in [-0.3, -0.25) is 9.52 Å². The monoisotopic (exact) mass is 488 g/mol. The highest BCUT2D eigenvalue weighted by Crippen LogP contribution is 2.24. The third-order valence-corrected chi connectivity index (χ3v) is 7.09. The van der Waals surface area contributed by atoms with Gasteiger partial charge in [0, 0.05) is 47.2 Å². The molecule has 2 heterocycles. The summed E-state index contributed by atoms with van der Waals surface area (Å²) in [5, 5.41) is 0. The number of carbonyl (C=O) groups is 1. The fourth-order valence-electron chi connectivity index (χ4n) is 3.56. The molecule has 1 amide bonds. The standard InChI is InChI=1S/C21H21BrN4O3S/c22-17-4-6-18(7-5-17)24-30(28,29)20-3-1-2-16(14-20)21(27)25-11-8-19(9-12-25)26-13-10-23-15-26/h1-7,10,13-15,19,24H,8-9,11-12H2. The number of sulfonamides is 1. The Kier molecular flexibility index (Phi) is 5.92. The molecule has 7 nitrogen and oxygen atoms in total. The van der Waals surface area contributed by atoms with Crippen molar-refractivity contribution in [2.75, 3.05) is 17.8 Å². The van der Waals surface area contributed by atoms with Crippen LogP contribution in [0.1, 0.15) is 29.2 Å². The van der Waals surface area contributed by atoms with E-state index in [0.29, 0.717) is 30.4 Å². The molecular formula is C21H21BrN4O3S. The third-order valence-electron chi connectivity index (χ3n) is 5.19. The molecule has 1 N–H and O–H groups in total. The van der Waals surface area contributed by atoms with E-state index in [0.717, 1.165) is 17.3 Å². The molecule has 156 valence electrons. The van der Waals surface area contributed by atoms with Gasteiger partial charge in [-0.05, 0) is 55.3 Å². The lowest BCUT2D eigenvalue weighted by Gasteiger charge is -2.32. The first-order valence-corrected chi connectivity index (χ1v) is 11.9. The van der Waals surface area contributed by atoms with E-state index < -0.39 is 10.0 Å². The summed E-state index contributed by atoms with van der Waals surface area (Å²) in [4.78, 5) is 18.9. The molecule has 4 rings (SSSR count). The van der Waals surface area contributed by atoms with Gasteiger partial charge >= 0.3 is 0 Å². The molecule has 1 aliphatic heterocycles. The third kappa shape index (κ3) is 4.57. The number of carbonyl (C=O) groups excluding carboxylic acids is 1. The van der Waals surface area contributed by atoms with Crippen molar-refractivity contribution in [2.24, 2.45) is 0 Å². The number of hydrogen-bond donors (Lipinski definition) is 1. The molecule has 9 heteroatoms. The number of anilines is 1. The molecular weight excluding hydrogens is 468 g/mol. The van der Waals surface area contributed by atoms with Crippen LogP contribution in [0, 0.1) is 0 Å². The predicted octanol–water partition coefficient (Wildman–Crippen LogP) is 3.92. The van der Waals surface area contributed by atoms with E-state index in [1.807, 2.05) is 6.20 Å². The highest BCUT2D eigenvalue weighted by molar-refractivity contribution is 9.10. The van der Waals surface area contributed by atoms with Crippen LogP contribution in [0.4, 0.5) is 5.69 Å². The van der Waals surface area contributed by atoms with E-state index in [9.17, 15) is 13.2 Å². The second-order valence-corrected chi connectivity index (χ2v) is 9.77. The summed E-state index contributed by atoms with van der Waals surface area (Å²) in [7, 11) is -3.80. The zero-order valence-electron chi connectivity index (χ0n) is 16.1. The lowest BCUT2D eigenvalue weighted by Crippen LogP contribution is -2.39. The average molecular weight is 489 g/mol. The van der Waals surface area contributed by atoms with Crippen LogP contribution < -0.4 is 4.72 Å². The topological polar surface area (TPSA) is 84.3 Å². The highest BCUT2D eigenvalue weighted by atomic mass is 79.9. The molecule has 0 aliphatic carbocycles. The van der Waals surface area contributed by atoms with Crippen molar-refractivity contribution in [3.8, 4) is 0 Å². The molecule has 0 unspecified atom stereocenters. The number of benzene rings is 2. The fourth-order valence-corrected chi connectivity index (χ4v) is 4.93. The van der Waals surface area contributed by atoms with E-state index >= 15 is 0 Å². The van der Waals surface area contributed by atoms with Crippen LogP contribution in [0.2, 0.25) is 0 Å². The first-order chi connectivity index (χ1) is 14.4. The number of nitrogens with one attached hydrogen (secondary N) is 1. The van der Waals surface area contributed by atoms with Crippen molar-refractivity contribution in [3.05, 3.63) is 77.3 Å². The van der Waals surface area contributed by atoms with Crippen LogP contribution >= 0.6 is 15.9 Å². The summed E-state index contributed by atoms with van der Waals surface area (Å²) in [5.41, 5.74) is 0.825. The Morgan fingerprint density at radius 1 is 1.10 bits per heavy atom. The molecule has 3 aromatic rings. The zero-order valence-corrected chi connectivity index (χ0v) is 18.5. The first-order valence-electron chi connectivity index (χ1n) is 9.57. The number of rotatable bonds is 5. The minimum Gasteiger partial charge on any atom is -0.338 e. The van der Waals surface area contributed by atoms with Crippen molar-refractivity contribution >= 4 is 37.5 Å². The van der Waals surface area contributed by atoms with E-state index in [2.05, 4.69) is 30.2 Å². The molecule has 2 aromatic carbocycles. The van der Waals surface area contributed by atoms with Gasteiger partial charge in [0.15, 0.2) is 0 Å². The summed E-state index contributed by atoms with van der Waals surface area (Å²) in [6, 6.07) is 13.4. The number of amides is 1. The fraction of sp³-hybridized carbons (Fsp3) is 0.238. The van der Waals surface area contributed by atoms with Crippen molar-refractivity contribution < 1.29 is 13.2 Å². The van der Waals surface area contributed by atoms with Gasteiger partial charge in [0.2, 0.25) is 0 Å². The van der Waals surface area contributed by atoms with Crippen molar-refractivity contribution in [1.29, 1.82) is 0 Å². The number of nitrogens with zero attached hydrogens (tertiary/aromatic N) is 3. The lowest BCUT2D eigenvalue weighted by atomic mass is 10.0. The van der Waals surface area contributed by atoms with Gasteiger partial charge in [-0.1, -0.05) is 22.0 Å². The predicted molar refractivity (Wildman–Crippen MR) is 118 cm³/mol. The van der Waals surface area contributed by atoms with Crippen LogP contribution in [0.3, 0.4) is 0 Å². The number of imidazole rings is 1. The summed E-state index contributed by atoms with van der Waals surface area (Å²) < 4.78 is 31.0. The smallest absolute Gasteiger partial charge is 0.261 e. The van der Waals surface area contributed by atoms with Gasteiger partial charge in [0.1, 0.15) is 0 Å². The molecule has 0 saturated carbocycles. The summed E-state index contributed by atoms with van der Waals surface area (Å²) in [6.45, 7) is 1.24. The summed E-state index contributed by atoms with van der Waals surface area (Å²) in [5.74, 6) is -0.153. The van der Waals surface area contributed by atoms with Crippen LogP contribution in [0.5, 0.6) is 0 Å². The quantitative estimate of drug-likeness (QED) is 0.589. The van der Waals surface area contributed by atoms with E-state index in [1.165, 1.54) is 12.1 Å². The van der Waals surface area contributed by atoms with Gasteiger partial charge < -0.3 is 9.47 Å². The molecule has 1 aliphatic rings. The Labute approximate surface area is 183 Å². The van der Waals surface area contributed by atoms with E-state index in [-0.39, 0.29) is 10.8 Å². The second kappa shape index (κ2) is 8.61. The SMILES string of the molecule is O=C(c1cccc(S(=O)(=O)Nc2ccc(Br)cc2)c1)N1CCC(n2ccnc2)CC1. The molecule has 1 aromatic heterocycles. The second-order valence-electron chi connectivity index (χ2n) is 7.17. The molecule has 0 bridgehead atoms. The number of piperidine rings is 1. The molecule has 1 fully saturated rings. The summed E-state index contributed by atoms with van der Waals surface area (Å²) in [6.07, 6.45) is 7.17. The molecule has 1 saturated heterocycles. The van der Waals surface area contributed by atoms with Crippen LogP contribution in [0.25, 0.3) is 0 Å². The maximum Gasteiger partial charge on any atom is 0.261 e. The maximum atomic E-state index is 13.0. The molecule has 0 atom stereocenters. The van der Waals surface area contributed by atoms with Crippen LogP contribution in [-0.2, 0) is 10.0 Å². The Morgan fingerprint density at radius 2 is 1.83 bits per heavy atom. The molecule has 0 spiro atoms. The van der Waals surface area contributed by atoms with E-state index in [4.69, 9.17) is 0 Å². The first kappa shape index (κ1) is 20.6. The Balaban J connectivity index is 1.46. The number of likely N-dealkylation sites (tertiary alicyclic amines) is 1. The maximum absolute atomic E-state index is 13.0. The van der Waals surface area contributed by atoms with Gasteiger partial charge in [-0.2, -0.15) is 0 Å². The zero-order chi connectivity index (χ0) is 21.1. The number of aromatic nitrogens is 2. The Hall–Kier alpha value is -2.65. The minimum atomic E-state index is -3.80. The Morgan fingerprint density at radius 3 is 2.50 bits per heavy atom. The van der Waals surface area contributed by atoms with Crippen LogP contribution in [-0.4, -0.2) is 41.9 Å². The number of hydrogen-bond acceptors (Lipinski definition) is 4. The Bertz CT molecular complexity index is 1120. The van der Waals surface area contributed by atoms with Gasteiger partial charge in [0.05, 0.1) is 11.2 Å². The lowest BCUT2D eigenvalue weighted by molar-refractivity contribution is 0.0694. The van der Waals surface area contributed by atoms with Crippen LogP contribution in [0.15, 0.2) is 76.6 Å². The van der Waals surface area contributed by atoms with E-state index in [1.54, 1.807) is 53.8 Å². The normalized spacial score (nSPS) is 15.2. The van der Waals surface area contributed by atoms with Crippen molar-refractivity contribution in [1.82, 2.24) is 14.5 Å². The van der Waals surface area contributed by atoms with Crippen molar-refractivity contribution in [3.63, 3.8) is 0 Å². The minimum absolute atomic E-state index is 0.0598. The van der Waals surface area contributed by atoms with Gasteiger partial charge in [0.25, 0.3) is 15.9 Å². The largest absolute Gasteiger partial charge is 0.338 e. The number of halogens is 1. The van der Waals surface area contributed by atoms with Gasteiger partial charge in [-0.15, -0.1) is 0 Å². The highest BCUT2D eigenvalue weighted by Gasteiger charge is 2.25.